The lowest BCUT2D eigenvalue weighted by atomic mass is 10.2. The lowest BCUT2D eigenvalue weighted by Crippen LogP contribution is -2.36. The molecule has 0 radical (unpaired) electrons. The third-order valence-electron chi connectivity index (χ3n) is 2.28. The van der Waals surface area contributed by atoms with Crippen molar-refractivity contribution in [3.8, 4) is 0 Å². The molecule has 0 saturated heterocycles. The third-order valence-corrected chi connectivity index (χ3v) is 2.74. The predicted molar refractivity (Wildman–Crippen MR) is 72.0 cm³/mol. The fourth-order valence-corrected chi connectivity index (χ4v) is 2.03. The lowest BCUT2D eigenvalue weighted by Gasteiger charge is -2.12. The van der Waals surface area contributed by atoms with Crippen LogP contribution in [-0.4, -0.2) is 25.7 Å². The maximum Gasteiger partial charge on any atom is 0.241 e. The standard InChI is InChI=1S/C12H17BrN2O2/c1-8-5-9(13)7-10(6-8)15-12(16)11(14)3-4-17-2/h5-7,11H,3-4,14H2,1-2H3,(H,15,16). The number of aryl methyl sites for hydroxylation is 1. The van der Waals surface area contributed by atoms with Gasteiger partial charge in [-0.15, -0.1) is 0 Å². The second-order valence-corrected chi connectivity index (χ2v) is 4.81. The number of rotatable bonds is 5. The predicted octanol–water partition coefficient (Wildman–Crippen LogP) is 2.06. The molecule has 1 rings (SSSR count). The molecular formula is C12H17BrN2O2. The minimum Gasteiger partial charge on any atom is -0.385 e. The van der Waals surface area contributed by atoms with Crippen LogP contribution < -0.4 is 11.1 Å². The number of nitrogens with two attached hydrogens (primary N) is 1. The van der Waals surface area contributed by atoms with Gasteiger partial charge >= 0.3 is 0 Å². The molecule has 0 aromatic heterocycles. The first-order valence-corrected chi connectivity index (χ1v) is 6.15. The summed E-state index contributed by atoms with van der Waals surface area (Å²) in [7, 11) is 1.59. The van der Waals surface area contributed by atoms with Gasteiger partial charge < -0.3 is 15.8 Å². The normalized spacial score (nSPS) is 12.2. The van der Waals surface area contributed by atoms with Gasteiger partial charge in [-0.2, -0.15) is 0 Å². The molecule has 0 bridgehead atoms. The molecule has 17 heavy (non-hydrogen) atoms. The van der Waals surface area contributed by atoms with Crippen LogP contribution >= 0.6 is 15.9 Å². The summed E-state index contributed by atoms with van der Waals surface area (Å²) in [6.45, 7) is 2.44. The van der Waals surface area contributed by atoms with Crippen molar-refractivity contribution in [2.24, 2.45) is 5.73 Å². The van der Waals surface area contributed by atoms with Gasteiger partial charge in [-0.05, 0) is 37.1 Å². The molecule has 0 saturated carbocycles. The molecule has 1 atom stereocenters. The maximum absolute atomic E-state index is 11.7. The highest BCUT2D eigenvalue weighted by atomic mass is 79.9. The van der Waals surface area contributed by atoms with E-state index in [4.69, 9.17) is 10.5 Å². The molecule has 1 aromatic carbocycles. The Hall–Kier alpha value is -0.910. The van der Waals surface area contributed by atoms with Crippen LogP contribution in [0.4, 0.5) is 5.69 Å². The fraction of sp³-hybridized carbons (Fsp3) is 0.417. The van der Waals surface area contributed by atoms with Gasteiger partial charge in [0.25, 0.3) is 0 Å². The zero-order valence-corrected chi connectivity index (χ0v) is 11.6. The third kappa shape index (κ3) is 4.85. The summed E-state index contributed by atoms with van der Waals surface area (Å²) >= 11 is 3.38. The van der Waals surface area contributed by atoms with E-state index in [-0.39, 0.29) is 5.91 Å². The van der Waals surface area contributed by atoms with Gasteiger partial charge in [0.05, 0.1) is 6.04 Å². The van der Waals surface area contributed by atoms with E-state index in [0.717, 1.165) is 15.7 Å². The number of nitrogens with one attached hydrogen (secondary N) is 1. The van der Waals surface area contributed by atoms with Crippen LogP contribution in [-0.2, 0) is 9.53 Å². The first-order chi connectivity index (χ1) is 8.02. The minimum absolute atomic E-state index is 0.195. The highest BCUT2D eigenvalue weighted by molar-refractivity contribution is 9.10. The number of hydrogen-bond donors (Lipinski definition) is 2. The molecule has 0 spiro atoms. The Morgan fingerprint density at radius 1 is 1.53 bits per heavy atom. The van der Waals surface area contributed by atoms with E-state index >= 15 is 0 Å². The highest BCUT2D eigenvalue weighted by Gasteiger charge is 2.13. The Morgan fingerprint density at radius 3 is 2.82 bits per heavy atom. The van der Waals surface area contributed by atoms with Gasteiger partial charge in [0, 0.05) is 23.9 Å². The van der Waals surface area contributed by atoms with Crippen molar-refractivity contribution >= 4 is 27.5 Å². The average Bonchev–Trinajstić information content (AvgIpc) is 2.24. The van der Waals surface area contributed by atoms with E-state index in [2.05, 4.69) is 21.2 Å². The Kier molecular flexibility index (Phi) is 5.61. The summed E-state index contributed by atoms with van der Waals surface area (Å²) in [5.74, 6) is -0.195. The van der Waals surface area contributed by atoms with Gasteiger partial charge in [-0.25, -0.2) is 0 Å². The molecule has 3 N–H and O–H groups in total. The van der Waals surface area contributed by atoms with Gasteiger partial charge in [-0.3, -0.25) is 4.79 Å². The van der Waals surface area contributed by atoms with Crippen LogP contribution in [0.5, 0.6) is 0 Å². The first-order valence-electron chi connectivity index (χ1n) is 5.35. The molecule has 0 fully saturated rings. The number of benzene rings is 1. The van der Waals surface area contributed by atoms with Crippen molar-refractivity contribution in [1.82, 2.24) is 0 Å². The summed E-state index contributed by atoms with van der Waals surface area (Å²) in [5, 5.41) is 2.78. The van der Waals surface area contributed by atoms with Crippen LogP contribution in [0.1, 0.15) is 12.0 Å². The molecule has 5 heteroatoms. The van der Waals surface area contributed by atoms with Crippen molar-refractivity contribution in [3.05, 3.63) is 28.2 Å². The zero-order chi connectivity index (χ0) is 12.8. The second-order valence-electron chi connectivity index (χ2n) is 3.89. The molecule has 0 aliphatic carbocycles. The number of methoxy groups -OCH3 is 1. The molecular weight excluding hydrogens is 284 g/mol. The summed E-state index contributed by atoms with van der Waals surface area (Å²) in [6, 6.07) is 5.16. The molecule has 4 nitrogen and oxygen atoms in total. The lowest BCUT2D eigenvalue weighted by molar-refractivity contribution is -0.117. The van der Waals surface area contributed by atoms with Gasteiger partial charge in [0.2, 0.25) is 5.91 Å². The summed E-state index contributed by atoms with van der Waals surface area (Å²) in [5.41, 5.74) is 7.54. The van der Waals surface area contributed by atoms with Crippen LogP contribution in [0.25, 0.3) is 0 Å². The number of ether oxygens (including phenoxy) is 1. The van der Waals surface area contributed by atoms with E-state index in [1.54, 1.807) is 7.11 Å². The Balaban J connectivity index is 2.61. The SMILES string of the molecule is COCCC(N)C(=O)Nc1cc(C)cc(Br)c1. The molecule has 94 valence electrons. The van der Waals surface area contributed by atoms with Gasteiger partial charge in [0.15, 0.2) is 0 Å². The number of hydrogen-bond acceptors (Lipinski definition) is 3. The van der Waals surface area contributed by atoms with Crippen LogP contribution in [0.3, 0.4) is 0 Å². The van der Waals surface area contributed by atoms with Gasteiger partial charge in [0.1, 0.15) is 0 Å². The quantitative estimate of drug-likeness (QED) is 0.875. The molecule has 1 aromatic rings. The van der Waals surface area contributed by atoms with Gasteiger partial charge in [-0.1, -0.05) is 15.9 Å². The van der Waals surface area contributed by atoms with E-state index in [1.165, 1.54) is 0 Å². The topological polar surface area (TPSA) is 64.3 Å². The number of carbonyl (C=O) groups excluding carboxylic acids is 1. The monoisotopic (exact) mass is 300 g/mol. The Labute approximate surface area is 110 Å². The van der Waals surface area contributed by atoms with Crippen LogP contribution in [0, 0.1) is 6.92 Å². The first kappa shape index (κ1) is 14.2. The van der Waals surface area contributed by atoms with E-state index in [9.17, 15) is 4.79 Å². The number of anilines is 1. The van der Waals surface area contributed by atoms with Crippen LogP contribution in [0.2, 0.25) is 0 Å². The second kappa shape index (κ2) is 6.74. The van der Waals surface area contributed by atoms with E-state index in [1.807, 2.05) is 25.1 Å². The highest BCUT2D eigenvalue weighted by Crippen LogP contribution is 2.19. The number of carbonyl (C=O) groups is 1. The Morgan fingerprint density at radius 2 is 2.24 bits per heavy atom. The fourth-order valence-electron chi connectivity index (χ4n) is 1.42. The van der Waals surface area contributed by atoms with Crippen molar-refractivity contribution in [2.75, 3.05) is 19.0 Å². The summed E-state index contributed by atoms with van der Waals surface area (Å²) in [4.78, 5) is 11.7. The van der Waals surface area contributed by atoms with Crippen molar-refractivity contribution in [3.63, 3.8) is 0 Å². The molecule has 0 aliphatic heterocycles. The average molecular weight is 301 g/mol. The summed E-state index contributed by atoms with van der Waals surface area (Å²) < 4.78 is 5.81. The van der Waals surface area contributed by atoms with Crippen LogP contribution in [0.15, 0.2) is 22.7 Å². The molecule has 0 heterocycles. The van der Waals surface area contributed by atoms with Crippen molar-refractivity contribution in [2.45, 2.75) is 19.4 Å². The zero-order valence-electron chi connectivity index (χ0n) is 10.00. The molecule has 1 amide bonds. The maximum atomic E-state index is 11.7. The Bertz CT molecular complexity index is 376. The molecule has 0 aliphatic rings. The summed E-state index contributed by atoms with van der Waals surface area (Å²) in [6.07, 6.45) is 0.509. The largest absolute Gasteiger partial charge is 0.385 e. The van der Waals surface area contributed by atoms with Crippen molar-refractivity contribution < 1.29 is 9.53 Å². The van der Waals surface area contributed by atoms with E-state index in [0.29, 0.717) is 13.0 Å². The molecule has 1 unspecified atom stereocenters. The number of amides is 1. The minimum atomic E-state index is -0.547. The number of halogens is 1. The smallest absolute Gasteiger partial charge is 0.241 e. The van der Waals surface area contributed by atoms with Crippen molar-refractivity contribution in [1.29, 1.82) is 0 Å². The van der Waals surface area contributed by atoms with E-state index < -0.39 is 6.04 Å².